The van der Waals surface area contributed by atoms with Gasteiger partial charge in [0, 0.05) is 32.7 Å². The van der Waals surface area contributed by atoms with Crippen LogP contribution in [0.2, 0.25) is 0 Å². The third-order valence-corrected chi connectivity index (χ3v) is 3.30. The Balaban J connectivity index is 2.03. The van der Waals surface area contributed by atoms with Gasteiger partial charge < -0.3 is 25.6 Å². The van der Waals surface area contributed by atoms with Gasteiger partial charge in [-0.15, -0.1) is 0 Å². The summed E-state index contributed by atoms with van der Waals surface area (Å²) in [6, 6.07) is -0.854. The smallest absolute Gasteiger partial charge is 0.312 e. The van der Waals surface area contributed by atoms with Gasteiger partial charge in [-0.3, -0.25) is 14.4 Å². The van der Waals surface area contributed by atoms with Gasteiger partial charge in [0.05, 0.1) is 13.2 Å². The quantitative estimate of drug-likeness (QED) is 0.498. The Kier molecular flexibility index (Phi) is 4.33. The molecule has 106 valence electrons. The lowest BCUT2D eigenvalue weighted by Gasteiger charge is -2.35. The number of rotatable bonds is 1. The number of nitrogens with two attached hydrogens (primary N) is 1. The monoisotopic (exact) mass is 270 g/mol. The number of nitrogens with zero attached hydrogens (tertiary/aromatic N) is 2. The summed E-state index contributed by atoms with van der Waals surface area (Å²) >= 11 is 0. The number of ether oxygens (including phenoxy) is 1. The Hall–Kier alpha value is -1.67. The zero-order chi connectivity index (χ0) is 13.8. The van der Waals surface area contributed by atoms with Crippen molar-refractivity contribution in [3.8, 4) is 0 Å². The Morgan fingerprint density at radius 1 is 1.11 bits per heavy atom. The molecule has 2 heterocycles. The number of primary amides is 1. The first kappa shape index (κ1) is 13.8. The first-order valence-electron chi connectivity index (χ1n) is 6.29. The molecule has 0 saturated carbocycles. The topological polar surface area (TPSA) is 105 Å². The zero-order valence-electron chi connectivity index (χ0n) is 10.6. The van der Waals surface area contributed by atoms with Gasteiger partial charge in [-0.2, -0.15) is 0 Å². The molecule has 1 unspecified atom stereocenters. The van der Waals surface area contributed by atoms with Crippen molar-refractivity contribution in [3.63, 3.8) is 0 Å². The maximum absolute atomic E-state index is 12.2. The van der Waals surface area contributed by atoms with Crippen molar-refractivity contribution >= 4 is 17.7 Å². The van der Waals surface area contributed by atoms with Gasteiger partial charge in [-0.25, -0.2) is 0 Å². The van der Waals surface area contributed by atoms with Crippen LogP contribution in [0.3, 0.4) is 0 Å². The Bertz CT molecular complexity index is 381. The maximum atomic E-state index is 12.2. The summed E-state index contributed by atoms with van der Waals surface area (Å²) in [5.41, 5.74) is 5.23. The third kappa shape index (κ3) is 3.02. The van der Waals surface area contributed by atoms with Gasteiger partial charge in [-0.1, -0.05) is 0 Å². The van der Waals surface area contributed by atoms with E-state index >= 15 is 0 Å². The molecule has 0 aliphatic carbocycles. The standard InChI is InChI=1S/C11H18N4O4/c12-9(16)8-7-19-6-5-15(8)11(18)10(17)14-3-1-13-2-4-14/h8,13H,1-7H2,(H2,12,16). The summed E-state index contributed by atoms with van der Waals surface area (Å²) in [7, 11) is 0. The van der Waals surface area contributed by atoms with Crippen LogP contribution in [-0.2, 0) is 19.1 Å². The van der Waals surface area contributed by atoms with E-state index in [1.165, 1.54) is 9.80 Å². The minimum absolute atomic E-state index is 0.0515. The molecule has 0 bridgehead atoms. The molecule has 0 aromatic heterocycles. The number of carbonyl (C=O) groups excluding carboxylic acids is 3. The second kappa shape index (κ2) is 5.98. The van der Waals surface area contributed by atoms with Gasteiger partial charge in [-0.05, 0) is 0 Å². The first-order chi connectivity index (χ1) is 9.11. The van der Waals surface area contributed by atoms with Crippen molar-refractivity contribution < 1.29 is 19.1 Å². The van der Waals surface area contributed by atoms with Crippen LogP contribution in [0.1, 0.15) is 0 Å². The summed E-state index contributed by atoms with van der Waals surface area (Å²) in [4.78, 5) is 38.2. The minimum Gasteiger partial charge on any atom is -0.377 e. The molecule has 0 aromatic rings. The molecule has 2 saturated heterocycles. The molecule has 0 spiro atoms. The molecule has 3 amide bonds. The lowest BCUT2D eigenvalue weighted by atomic mass is 10.2. The molecule has 3 N–H and O–H groups in total. The van der Waals surface area contributed by atoms with E-state index in [1.807, 2.05) is 0 Å². The predicted molar refractivity (Wildman–Crippen MR) is 65.0 cm³/mol. The highest BCUT2D eigenvalue weighted by Gasteiger charge is 2.36. The van der Waals surface area contributed by atoms with E-state index < -0.39 is 23.8 Å². The normalized spacial score (nSPS) is 24.1. The highest BCUT2D eigenvalue weighted by Crippen LogP contribution is 2.09. The Morgan fingerprint density at radius 3 is 2.42 bits per heavy atom. The zero-order valence-corrected chi connectivity index (χ0v) is 10.6. The number of morpholine rings is 1. The van der Waals surface area contributed by atoms with Crippen molar-refractivity contribution in [3.05, 3.63) is 0 Å². The summed E-state index contributed by atoms with van der Waals surface area (Å²) < 4.78 is 5.12. The fourth-order valence-corrected chi connectivity index (χ4v) is 2.21. The molecule has 19 heavy (non-hydrogen) atoms. The van der Waals surface area contributed by atoms with E-state index in [-0.39, 0.29) is 13.2 Å². The minimum atomic E-state index is -0.854. The maximum Gasteiger partial charge on any atom is 0.312 e. The van der Waals surface area contributed by atoms with Gasteiger partial charge in [0.1, 0.15) is 6.04 Å². The van der Waals surface area contributed by atoms with E-state index in [2.05, 4.69) is 5.32 Å². The molecule has 2 aliphatic heterocycles. The van der Waals surface area contributed by atoms with Crippen LogP contribution in [0.25, 0.3) is 0 Å². The SMILES string of the molecule is NC(=O)C1COCCN1C(=O)C(=O)N1CCNCC1. The summed E-state index contributed by atoms with van der Waals surface area (Å²) in [6.45, 7) is 2.90. The van der Waals surface area contributed by atoms with Crippen LogP contribution >= 0.6 is 0 Å². The predicted octanol–water partition coefficient (Wildman–Crippen LogP) is -2.87. The summed E-state index contributed by atoms with van der Waals surface area (Å²) in [5, 5.41) is 3.10. The molecular formula is C11H18N4O4. The second-order valence-corrected chi connectivity index (χ2v) is 4.53. The van der Waals surface area contributed by atoms with Crippen LogP contribution in [0.4, 0.5) is 0 Å². The average Bonchev–Trinajstić information content (AvgIpc) is 2.46. The lowest BCUT2D eigenvalue weighted by molar-refractivity contribution is -0.159. The van der Waals surface area contributed by atoms with Crippen LogP contribution < -0.4 is 11.1 Å². The van der Waals surface area contributed by atoms with Crippen molar-refractivity contribution in [1.82, 2.24) is 15.1 Å². The molecule has 2 aliphatic rings. The molecule has 8 heteroatoms. The van der Waals surface area contributed by atoms with Gasteiger partial charge >= 0.3 is 11.8 Å². The number of carbonyl (C=O) groups is 3. The third-order valence-electron chi connectivity index (χ3n) is 3.30. The van der Waals surface area contributed by atoms with E-state index in [9.17, 15) is 14.4 Å². The average molecular weight is 270 g/mol. The number of amides is 3. The summed E-state index contributed by atoms with van der Waals surface area (Å²) in [6.07, 6.45) is 0. The van der Waals surface area contributed by atoms with E-state index in [1.54, 1.807) is 0 Å². The van der Waals surface area contributed by atoms with Crippen LogP contribution in [0.15, 0.2) is 0 Å². The fraction of sp³-hybridized carbons (Fsp3) is 0.727. The fourth-order valence-electron chi connectivity index (χ4n) is 2.21. The van der Waals surface area contributed by atoms with Gasteiger partial charge in [0.2, 0.25) is 5.91 Å². The highest BCUT2D eigenvalue weighted by atomic mass is 16.5. The van der Waals surface area contributed by atoms with E-state index in [0.29, 0.717) is 32.8 Å². The second-order valence-electron chi connectivity index (χ2n) is 4.53. The molecule has 0 aromatic carbocycles. The largest absolute Gasteiger partial charge is 0.377 e. The number of hydrogen-bond donors (Lipinski definition) is 2. The Labute approximate surface area is 110 Å². The molecule has 2 rings (SSSR count). The number of piperazine rings is 1. The molecule has 1 atom stereocenters. The van der Waals surface area contributed by atoms with Crippen LogP contribution in [-0.4, -0.2) is 79.5 Å². The van der Waals surface area contributed by atoms with Crippen LogP contribution in [0, 0.1) is 0 Å². The molecular weight excluding hydrogens is 252 g/mol. The van der Waals surface area contributed by atoms with Gasteiger partial charge in [0.15, 0.2) is 0 Å². The van der Waals surface area contributed by atoms with Crippen molar-refractivity contribution in [2.24, 2.45) is 5.73 Å². The van der Waals surface area contributed by atoms with Crippen molar-refractivity contribution in [2.75, 3.05) is 45.9 Å². The highest BCUT2D eigenvalue weighted by molar-refractivity contribution is 6.35. The number of hydrogen-bond acceptors (Lipinski definition) is 5. The lowest BCUT2D eigenvalue weighted by Crippen LogP contribution is -2.59. The van der Waals surface area contributed by atoms with E-state index in [4.69, 9.17) is 10.5 Å². The van der Waals surface area contributed by atoms with Crippen molar-refractivity contribution in [2.45, 2.75) is 6.04 Å². The van der Waals surface area contributed by atoms with Crippen LogP contribution in [0.5, 0.6) is 0 Å². The number of nitrogens with one attached hydrogen (secondary N) is 1. The molecule has 2 fully saturated rings. The molecule has 0 radical (unpaired) electrons. The van der Waals surface area contributed by atoms with Gasteiger partial charge in [0.25, 0.3) is 0 Å². The Morgan fingerprint density at radius 2 is 1.79 bits per heavy atom. The summed E-state index contributed by atoms with van der Waals surface area (Å²) in [5.74, 6) is -1.90. The molecule has 8 nitrogen and oxygen atoms in total. The first-order valence-corrected chi connectivity index (χ1v) is 6.29. The van der Waals surface area contributed by atoms with E-state index in [0.717, 1.165) is 0 Å². The van der Waals surface area contributed by atoms with Crippen molar-refractivity contribution in [1.29, 1.82) is 0 Å².